The van der Waals surface area contributed by atoms with Crippen LogP contribution in [0, 0.1) is 5.82 Å². The Hall–Kier alpha value is -4.77. The van der Waals surface area contributed by atoms with Gasteiger partial charge in [0.25, 0.3) is 11.5 Å². The molecule has 0 fully saturated rings. The Labute approximate surface area is 215 Å². The number of halogens is 1. The number of rotatable bonds is 5. The van der Waals surface area contributed by atoms with Crippen molar-refractivity contribution in [1.82, 2.24) is 19.3 Å². The summed E-state index contributed by atoms with van der Waals surface area (Å²) >= 11 is 0. The lowest BCUT2D eigenvalue weighted by atomic mass is 10.1. The first kappa shape index (κ1) is 23.6. The van der Waals surface area contributed by atoms with Crippen LogP contribution in [0.2, 0.25) is 0 Å². The number of nitrogens with one attached hydrogen (secondary N) is 1. The Kier molecular flexibility index (Phi) is 5.97. The molecule has 5 aromatic rings. The summed E-state index contributed by atoms with van der Waals surface area (Å²) in [6.07, 6.45) is 3.65. The van der Waals surface area contributed by atoms with E-state index >= 15 is 0 Å². The number of amides is 1. The molecule has 0 atom stereocenters. The molecule has 3 aromatic heterocycles. The van der Waals surface area contributed by atoms with Crippen LogP contribution in [0.25, 0.3) is 27.7 Å². The smallest absolute Gasteiger partial charge is 0.280 e. The molecule has 1 amide bonds. The zero-order valence-corrected chi connectivity index (χ0v) is 20.3. The number of pyridine rings is 1. The fourth-order valence-electron chi connectivity index (χ4n) is 4.43. The number of nitrogens with zero attached hydrogens (tertiary/aromatic N) is 4. The van der Waals surface area contributed by atoms with Gasteiger partial charge in [0.2, 0.25) is 0 Å². The maximum absolute atomic E-state index is 13.5. The number of hydrogen-bond acceptors (Lipinski definition) is 7. The lowest BCUT2D eigenvalue weighted by molar-refractivity contribution is 0.101. The Morgan fingerprint density at radius 1 is 1.11 bits per heavy atom. The standard InChI is InChI=1S/C27H22FN5O5/c1-36-15-20-24(16-3-6-18(28)7-4-16)25-29-14-19-21(33(25)30-20)9-10-32(27(19)35)31-26(34)17-5-8-22-23(13-17)38-12-2-11-37-22/h3-10,13-14H,2,11-12,15H2,1H3,(H,31,34). The van der Waals surface area contributed by atoms with Crippen molar-refractivity contribution in [2.45, 2.75) is 13.0 Å². The van der Waals surface area contributed by atoms with Crippen molar-refractivity contribution < 1.29 is 23.4 Å². The van der Waals surface area contributed by atoms with E-state index in [9.17, 15) is 14.0 Å². The van der Waals surface area contributed by atoms with Gasteiger partial charge in [-0.3, -0.25) is 15.0 Å². The molecule has 0 saturated carbocycles. The summed E-state index contributed by atoms with van der Waals surface area (Å²) in [5, 5.41) is 4.88. The molecular formula is C27H22FN5O5. The van der Waals surface area contributed by atoms with E-state index in [1.165, 1.54) is 24.5 Å². The van der Waals surface area contributed by atoms with Crippen LogP contribution in [-0.4, -0.2) is 45.5 Å². The second kappa shape index (κ2) is 9.60. The SMILES string of the molecule is COCc1nn2c(ncc3c(=O)n(NC(=O)c4ccc5c(c4)OCCCO5)ccc32)c1-c1ccc(F)cc1. The number of aromatic nitrogens is 4. The summed E-state index contributed by atoms with van der Waals surface area (Å²) in [4.78, 5) is 30.7. The lowest BCUT2D eigenvalue weighted by Crippen LogP contribution is -2.33. The van der Waals surface area contributed by atoms with Crippen LogP contribution >= 0.6 is 0 Å². The van der Waals surface area contributed by atoms with E-state index in [0.717, 1.165) is 16.7 Å². The minimum absolute atomic E-state index is 0.195. The molecule has 38 heavy (non-hydrogen) atoms. The van der Waals surface area contributed by atoms with Gasteiger partial charge in [0.15, 0.2) is 17.1 Å². The van der Waals surface area contributed by atoms with E-state index in [0.29, 0.717) is 52.7 Å². The molecule has 0 radical (unpaired) electrons. The van der Waals surface area contributed by atoms with Gasteiger partial charge >= 0.3 is 0 Å². The van der Waals surface area contributed by atoms with Crippen LogP contribution in [0.15, 0.2) is 65.7 Å². The molecule has 192 valence electrons. The Bertz CT molecular complexity index is 1750. The highest BCUT2D eigenvalue weighted by atomic mass is 19.1. The van der Waals surface area contributed by atoms with Crippen molar-refractivity contribution in [3.8, 4) is 22.6 Å². The van der Waals surface area contributed by atoms with Crippen molar-refractivity contribution in [2.24, 2.45) is 0 Å². The molecule has 4 heterocycles. The van der Waals surface area contributed by atoms with Crippen molar-refractivity contribution in [3.05, 3.63) is 88.4 Å². The lowest BCUT2D eigenvalue weighted by Gasteiger charge is -2.12. The molecule has 10 nitrogen and oxygen atoms in total. The Balaban J connectivity index is 1.38. The number of fused-ring (bicyclic) bond motifs is 4. The predicted molar refractivity (Wildman–Crippen MR) is 137 cm³/mol. The van der Waals surface area contributed by atoms with Crippen LogP contribution in [-0.2, 0) is 11.3 Å². The molecule has 6 rings (SSSR count). The maximum Gasteiger partial charge on any atom is 0.280 e. The monoisotopic (exact) mass is 515 g/mol. The first-order chi connectivity index (χ1) is 18.5. The number of methoxy groups -OCH3 is 1. The third kappa shape index (κ3) is 4.12. The molecule has 1 aliphatic heterocycles. The van der Waals surface area contributed by atoms with Crippen LogP contribution in [0.3, 0.4) is 0 Å². The van der Waals surface area contributed by atoms with Gasteiger partial charge in [-0.15, -0.1) is 0 Å². The third-order valence-electron chi connectivity index (χ3n) is 6.23. The van der Waals surface area contributed by atoms with Gasteiger partial charge in [-0.1, -0.05) is 12.1 Å². The van der Waals surface area contributed by atoms with Crippen molar-refractivity contribution in [1.29, 1.82) is 0 Å². The number of carbonyl (C=O) groups excluding carboxylic acids is 1. The summed E-state index contributed by atoms with van der Waals surface area (Å²) in [6.45, 7) is 1.23. The van der Waals surface area contributed by atoms with Crippen LogP contribution in [0.4, 0.5) is 4.39 Å². The molecule has 2 aromatic carbocycles. The molecule has 1 aliphatic rings. The quantitative estimate of drug-likeness (QED) is 0.381. The molecule has 11 heteroatoms. The highest BCUT2D eigenvalue weighted by Gasteiger charge is 2.20. The number of carbonyl (C=O) groups is 1. The van der Waals surface area contributed by atoms with Crippen molar-refractivity contribution >= 4 is 22.5 Å². The molecule has 0 bridgehead atoms. The number of ether oxygens (including phenoxy) is 3. The number of hydrogen-bond donors (Lipinski definition) is 1. The van der Waals surface area contributed by atoms with Gasteiger partial charge < -0.3 is 14.2 Å². The molecule has 0 unspecified atom stereocenters. The van der Waals surface area contributed by atoms with Gasteiger partial charge in [0.1, 0.15) is 5.82 Å². The molecular weight excluding hydrogens is 493 g/mol. The minimum atomic E-state index is -0.490. The summed E-state index contributed by atoms with van der Waals surface area (Å²) < 4.78 is 32.8. The fourth-order valence-corrected chi connectivity index (χ4v) is 4.43. The second-order valence-electron chi connectivity index (χ2n) is 8.70. The summed E-state index contributed by atoms with van der Waals surface area (Å²) in [5.41, 5.74) is 5.42. The molecule has 0 aliphatic carbocycles. The minimum Gasteiger partial charge on any atom is -0.490 e. The predicted octanol–water partition coefficient (Wildman–Crippen LogP) is 3.54. The Morgan fingerprint density at radius 2 is 1.89 bits per heavy atom. The summed E-state index contributed by atoms with van der Waals surface area (Å²) in [6, 6.07) is 12.5. The highest BCUT2D eigenvalue weighted by molar-refractivity contribution is 6.00. The van der Waals surface area contributed by atoms with E-state index in [4.69, 9.17) is 14.2 Å². The van der Waals surface area contributed by atoms with Crippen molar-refractivity contribution in [3.63, 3.8) is 0 Å². The largest absolute Gasteiger partial charge is 0.490 e. The van der Waals surface area contributed by atoms with E-state index in [-0.39, 0.29) is 17.8 Å². The van der Waals surface area contributed by atoms with Gasteiger partial charge in [-0.2, -0.15) is 5.10 Å². The second-order valence-corrected chi connectivity index (χ2v) is 8.70. The average molecular weight is 516 g/mol. The topological polar surface area (TPSA) is 109 Å². The zero-order valence-electron chi connectivity index (χ0n) is 20.3. The van der Waals surface area contributed by atoms with Crippen LogP contribution in [0.5, 0.6) is 11.5 Å². The van der Waals surface area contributed by atoms with E-state index in [1.807, 2.05) is 0 Å². The van der Waals surface area contributed by atoms with E-state index in [1.54, 1.807) is 48.0 Å². The molecule has 1 N–H and O–H groups in total. The van der Waals surface area contributed by atoms with Crippen LogP contribution in [0.1, 0.15) is 22.5 Å². The van der Waals surface area contributed by atoms with Gasteiger partial charge in [0, 0.05) is 31.5 Å². The van der Waals surface area contributed by atoms with Gasteiger partial charge in [-0.25, -0.2) is 18.6 Å². The maximum atomic E-state index is 13.5. The zero-order chi connectivity index (χ0) is 26.2. The average Bonchev–Trinajstić information content (AvgIpc) is 3.12. The normalized spacial score (nSPS) is 13.0. The van der Waals surface area contributed by atoms with Gasteiger partial charge in [0.05, 0.1) is 42.0 Å². The van der Waals surface area contributed by atoms with Gasteiger partial charge in [-0.05, 0) is 42.0 Å². The molecule has 0 spiro atoms. The first-order valence-corrected chi connectivity index (χ1v) is 11.9. The summed E-state index contributed by atoms with van der Waals surface area (Å²) in [7, 11) is 1.55. The van der Waals surface area contributed by atoms with E-state index < -0.39 is 11.5 Å². The highest BCUT2D eigenvalue weighted by Crippen LogP contribution is 2.31. The summed E-state index contributed by atoms with van der Waals surface area (Å²) in [5.74, 6) is 0.210. The first-order valence-electron chi connectivity index (χ1n) is 11.9. The van der Waals surface area contributed by atoms with Crippen LogP contribution < -0.4 is 20.5 Å². The Morgan fingerprint density at radius 3 is 2.68 bits per heavy atom. The fraction of sp³-hybridized carbons (Fsp3) is 0.185. The third-order valence-corrected chi connectivity index (χ3v) is 6.23. The number of benzene rings is 2. The van der Waals surface area contributed by atoms with Crippen molar-refractivity contribution in [2.75, 3.05) is 25.7 Å². The molecule has 0 saturated heterocycles. The van der Waals surface area contributed by atoms with E-state index in [2.05, 4.69) is 15.5 Å².